The van der Waals surface area contributed by atoms with E-state index in [0.717, 1.165) is 0 Å². The summed E-state index contributed by atoms with van der Waals surface area (Å²) in [6, 6.07) is 2.37. The summed E-state index contributed by atoms with van der Waals surface area (Å²) in [5, 5.41) is 93.8. The Morgan fingerprint density at radius 1 is 0.468 bits per heavy atom. The number of nitrogens with zero attached hydrogens (tertiary/aromatic N) is 12. The van der Waals surface area contributed by atoms with Crippen LogP contribution >= 0.6 is 0 Å². The van der Waals surface area contributed by atoms with Gasteiger partial charge in [0, 0.05) is 0 Å². The van der Waals surface area contributed by atoms with Crippen LogP contribution in [0.5, 0.6) is 0 Å². The average Bonchev–Trinajstić information content (AvgIpc) is 3.63. The van der Waals surface area contributed by atoms with E-state index in [1.54, 1.807) is 0 Å². The highest BCUT2D eigenvalue weighted by Gasteiger charge is 2.32. The van der Waals surface area contributed by atoms with E-state index in [1.807, 2.05) is 0 Å². The van der Waals surface area contributed by atoms with E-state index in [2.05, 4.69) is 51.9 Å². The summed E-state index contributed by atoms with van der Waals surface area (Å²) in [6.45, 7) is 0. The summed E-state index contributed by atoms with van der Waals surface area (Å²) in [5.41, 5.74) is -6.18. The van der Waals surface area contributed by atoms with Gasteiger partial charge in [0.1, 0.15) is 0 Å². The van der Waals surface area contributed by atoms with Crippen LogP contribution in [0.4, 0.5) is 57.4 Å². The van der Waals surface area contributed by atoms with Crippen LogP contribution in [0, 0.1) is 60.7 Å². The molecule has 0 aliphatic carbocycles. The quantitative estimate of drug-likeness (QED) is 0.0969. The van der Waals surface area contributed by atoms with Gasteiger partial charge in [-0.2, -0.15) is 10.4 Å². The van der Waals surface area contributed by atoms with Gasteiger partial charge in [-0.05, 0) is 10.4 Å². The fourth-order valence-corrected chi connectivity index (χ4v) is 2.89. The second-order valence-corrected chi connectivity index (χ2v) is 6.98. The summed E-state index contributed by atoms with van der Waals surface area (Å²) in [6.07, 6.45) is 0. The monoisotopic (exact) mass is 682 g/mol. The third-order valence-corrected chi connectivity index (χ3v) is 4.54. The number of nitro benzene ring substituents is 6. The Balaban J connectivity index is -0.000000745. The molecule has 0 radical (unpaired) electrons. The molecule has 4 aromatic rings. The lowest BCUT2D eigenvalue weighted by atomic mass is 10.2. The van der Waals surface area contributed by atoms with Crippen molar-refractivity contribution in [3.05, 3.63) is 85.0 Å². The maximum absolute atomic E-state index is 11.0. The van der Waals surface area contributed by atoms with Crippen LogP contribution in [-0.2, 0) is 0 Å². The highest BCUT2D eigenvalue weighted by molar-refractivity contribution is 5.80. The van der Waals surface area contributed by atoms with Crippen molar-refractivity contribution in [1.82, 2.24) is 41.2 Å². The first-order valence-corrected chi connectivity index (χ1v) is 10.0. The molecule has 0 aliphatic heterocycles. The molecule has 256 valence electrons. The lowest BCUT2D eigenvalue weighted by Gasteiger charge is -2.04. The van der Waals surface area contributed by atoms with Crippen LogP contribution in [0.3, 0.4) is 0 Å². The Bertz CT molecular complexity index is 1520. The van der Waals surface area contributed by atoms with Gasteiger partial charge in [0.15, 0.2) is 11.4 Å². The van der Waals surface area contributed by atoms with Crippen molar-refractivity contribution in [2.24, 2.45) is 0 Å². The minimum absolute atomic E-state index is 0. The van der Waals surface area contributed by atoms with Crippen LogP contribution in [0.1, 0.15) is 0 Å². The smallest absolute Gasteiger partial charge is 0.306 e. The van der Waals surface area contributed by atoms with Crippen molar-refractivity contribution < 1.29 is 56.9 Å². The molecule has 4 rings (SSSR count). The molecule has 0 amide bonds. The number of rotatable bonds is 10. The van der Waals surface area contributed by atoms with Crippen molar-refractivity contribution >= 4 is 57.4 Å². The molecular formula is C14H18N16O17. The molecule has 2 heterocycles. The first kappa shape index (κ1) is 43.8. The largest absolute Gasteiger partial charge is 0.412 e. The summed E-state index contributed by atoms with van der Waals surface area (Å²) < 4.78 is 0. The SMILES string of the molecule is O.O.O.O.O.O=[N+]([O-])c1cc([N+](=O)[O-])c(Nc2nn[nH]n2)c([N+](=O)[O-])c1.O=[N+]([O-])c1cc([N+](=O)[O-])c(Nc2nn[nH]n2)c([N+](=O)[O-])c1. The maximum atomic E-state index is 11.0. The number of benzene rings is 2. The second kappa shape index (κ2) is 18.1. The number of aromatic nitrogens is 8. The molecule has 33 nitrogen and oxygen atoms in total. The van der Waals surface area contributed by atoms with Crippen LogP contribution in [0.25, 0.3) is 0 Å². The molecule has 0 spiro atoms. The first-order chi connectivity index (χ1) is 19.8. The molecule has 33 heteroatoms. The molecule has 47 heavy (non-hydrogen) atoms. The molecule has 14 N–H and O–H groups in total. The molecule has 2 aromatic carbocycles. The molecule has 0 fully saturated rings. The second-order valence-electron chi connectivity index (χ2n) is 6.98. The fraction of sp³-hybridized carbons (Fsp3) is 0. The van der Waals surface area contributed by atoms with Gasteiger partial charge in [-0.15, -0.1) is 10.2 Å². The number of H-pyrrole nitrogens is 2. The zero-order valence-electron chi connectivity index (χ0n) is 22.1. The number of hydrogen-bond acceptors (Lipinski definition) is 20. The summed E-state index contributed by atoms with van der Waals surface area (Å²) >= 11 is 0. The topological polar surface area (TPSA) is 549 Å². The van der Waals surface area contributed by atoms with Gasteiger partial charge < -0.3 is 38.0 Å². The molecule has 2 aromatic heterocycles. The van der Waals surface area contributed by atoms with Crippen LogP contribution in [-0.4, -0.2) is 98.2 Å². The fourth-order valence-electron chi connectivity index (χ4n) is 2.89. The van der Waals surface area contributed by atoms with E-state index in [-0.39, 0.29) is 39.3 Å². The molecule has 0 atom stereocenters. The Morgan fingerprint density at radius 3 is 0.894 bits per heavy atom. The van der Waals surface area contributed by atoms with Crippen LogP contribution in [0.15, 0.2) is 24.3 Å². The van der Waals surface area contributed by atoms with E-state index < -0.39 is 75.0 Å². The normalized spacial score (nSPS) is 9.02. The first-order valence-electron chi connectivity index (χ1n) is 10.0. The number of hydrogen-bond donors (Lipinski definition) is 4. The molecule has 0 unspecified atom stereocenters. The van der Waals surface area contributed by atoms with Crippen LogP contribution < -0.4 is 10.6 Å². The lowest BCUT2D eigenvalue weighted by molar-refractivity contribution is -0.402. The Morgan fingerprint density at radius 2 is 0.723 bits per heavy atom. The number of tetrazole rings is 2. The van der Waals surface area contributed by atoms with Crippen molar-refractivity contribution in [1.29, 1.82) is 0 Å². The van der Waals surface area contributed by atoms with E-state index in [4.69, 9.17) is 0 Å². The standard InChI is InChI=1S/2C7H4N8O6.5H2O/c2*16-13(17)3-1-4(14(18)19)6(5(2-3)15(20)21)8-7-9-11-12-10-7;;;;;/h2*1-2H,(H2,8,9,10,11,12);5*1H2. The predicted molar refractivity (Wildman–Crippen MR) is 146 cm³/mol. The predicted octanol–water partition coefficient (Wildman–Crippen LogP) is -2.79. The molecule has 0 saturated carbocycles. The van der Waals surface area contributed by atoms with Crippen molar-refractivity contribution in [2.75, 3.05) is 10.6 Å². The van der Waals surface area contributed by atoms with Gasteiger partial charge in [-0.3, -0.25) is 60.7 Å². The van der Waals surface area contributed by atoms with Gasteiger partial charge in [-0.25, -0.2) is 0 Å². The van der Waals surface area contributed by atoms with Gasteiger partial charge in [0.05, 0.1) is 53.8 Å². The number of nitrogens with one attached hydrogen (secondary N) is 4. The Kier molecular flexibility index (Phi) is 16.9. The van der Waals surface area contributed by atoms with E-state index in [9.17, 15) is 60.7 Å². The summed E-state index contributed by atoms with van der Waals surface area (Å²) in [5.74, 6) is -0.537. The number of anilines is 4. The van der Waals surface area contributed by atoms with Gasteiger partial charge >= 0.3 is 22.7 Å². The lowest BCUT2D eigenvalue weighted by Crippen LogP contribution is -2.04. The Hall–Kier alpha value is -7.62. The van der Waals surface area contributed by atoms with E-state index in [1.165, 1.54) is 0 Å². The molecule has 0 bridgehead atoms. The number of nitro groups is 6. The number of non-ortho nitro benzene ring substituents is 2. The van der Waals surface area contributed by atoms with Crippen LogP contribution in [0.2, 0.25) is 0 Å². The van der Waals surface area contributed by atoms with Gasteiger partial charge in [0.2, 0.25) is 0 Å². The maximum Gasteiger partial charge on any atom is 0.306 e. The highest BCUT2D eigenvalue weighted by Crippen LogP contribution is 2.40. The van der Waals surface area contributed by atoms with Crippen molar-refractivity contribution in [3.8, 4) is 0 Å². The Labute approximate surface area is 252 Å². The zero-order chi connectivity index (χ0) is 31.1. The van der Waals surface area contributed by atoms with Gasteiger partial charge in [0.25, 0.3) is 23.3 Å². The molecule has 0 aliphatic rings. The average molecular weight is 682 g/mol. The third kappa shape index (κ3) is 10.3. The number of aromatic amines is 2. The highest BCUT2D eigenvalue weighted by atomic mass is 16.6. The third-order valence-electron chi connectivity index (χ3n) is 4.54. The minimum atomic E-state index is -0.998. The zero-order valence-corrected chi connectivity index (χ0v) is 22.1. The summed E-state index contributed by atoms with van der Waals surface area (Å²) in [4.78, 5) is 59.2. The van der Waals surface area contributed by atoms with Gasteiger partial charge in [-0.1, -0.05) is 10.2 Å². The molecule has 0 saturated heterocycles. The van der Waals surface area contributed by atoms with E-state index in [0.29, 0.717) is 24.3 Å². The summed E-state index contributed by atoms with van der Waals surface area (Å²) in [7, 11) is 0. The van der Waals surface area contributed by atoms with Crippen molar-refractivity contribution in [2.45, 2.75) is 0 Å². The minimum Gasteiger partial charge on any atom is -0.412 e. The van der Waals surface area contributed by atoms with Crippen molar-refractivity contribution in [3.63, 3.8) is 0 Å². The molecular weight excluding hydrogens is 664 g/mol. The van der Waals surface area contributed by atoms with E-state index >= 15 is 0 Å².